The number of carboxylic acid groups (broad SMARTS) is 1. The summed E-state index contributed by atoms with van der Waals surface area (Å²) in [6.45, 7) is 3.84. The van der Waals surface area contributed by atoms with Gasteiger partial charge in [-0.2, -0.15) is 0 Å². The Bertz CT molecular complexity index is 1440. The molecule has 1 saturated carbocycles. The van der Waals surface area contributed by atoms with Crippen LogP contribution in [0.25, 0.3) is 17.3 Å². The van der Waals surface area contributed by atoms with Crippen molar-refractivity contribution >= 4 is 34.4 Å². The van der Waals surface area contributed by atoms with Crippen LogP contribution < -0.4 is 10.1 Å². The van der Waals surface area contributed by atoms with Crippen LogP contribution in [0.4, 0.5) is 13.9 Å². The van der Waals surface area contributed by atoms with Crippen LogP contribution in [0.15, 0.2) is 41.3 Å². The molecular formula is C33H38F2N2O5S. The Morgan fingerprint density at radius 3 is 2.56 bits per heavy atom. The first-order chi connectivity index (χ1) is 20.7. The lowest BCUT2D eigenvalue weighted by molar-refractivity contribution is -0.132. The summed E-state index contributed by atoms with van der Waals surface area (Å²) in [7, 11) is 1.60. The number of hydrogen-bond donors (Lipinski definition) is 2. The van der Waals surface area contributed by atoms with Gasteiger partial charge in [-0.1, -0.05) is 51.2 Å². The van der Waals surface area contributed by atoms with Gasteiger partial charge in [0, 0.05) is 33.2 Å². The Kier molecular flexibility index (Phi) is 11.4. The quantitative estimate of drug-likeness (QED) is 0.188. The summed E-state index contributed by atoms with van der Waals surface area (Å²) in [6.07, 6.45) is 10.7. The number of rotatable bonds is 13. The minimum absolute atomic E-state index is 0.218. The van der Waals surface area contributed by atoms with Crippen LogP contribution in [0.3, 0.4) is 0 Å². The number of aliphatic carboxylic acids is 1. The van der Waals surface area contributed by atoms with E-state index in [0.29, 0.717) is 24.0 Å². The van der Waals surface area contributed by atoms with Gasteiger partial charge < -0.3 is 14.6 Å². The molecule has 2 N–H and O–H groups in total. The van der Waals surface area contributed by atoms with E-state index in [9.17, 15) is 18.4 Å². The fraction of sp³-hybridized carbons (Fsp3) is 0.424. The van der Waals surface area contributed by atoms with Crippen LogP contribution in [-0.2, 0) is 16.1 Å². The van der Waals surface area contributed by atoms with Crippen LogP contribution in [0.1, 0.15) is 86.7 Å². The smallest absolute Gasteiger partial charge is 0.331 e. The highest BCUT2D eigenvalue weighted by Crippen LogP contribution is 2.37. The molecule has 10 heteroatoms. The second-order valence-corrected chi connectivity index (χ2v) is 11.7. The highest BCUT2D eigenvalue weighted by atomic mass is 32.1. The molecule has 0 bridgehead atoms. The first-order valence-electron chi connectivity index (χ1n) is 14.7. The molecule has 1 amide bonds. The Morgan fingerprint density at radius 2 is 1.91 bits per heavy atom. The van der Waals surface area contributed by atoms with E-state index in [0.717, 1.165) is 48.6 Å². The van der Waals surface area contributed by atoms with Crippen molar-refractivity contribution in [3.63, 3.8) is 0 Å². The van der Waals surface area contributed by atoms with Gasteiger partial charge in [0.2, 0.25) is 0 Å². The van der Waals surface area contributed by atoms with Crippen molar-refractivity contribution in [3.05, 3.63) is 69.6 Å². The van der Waals surface area contributed by atoms with E-state index in [2.05, 4.69) is 17.2 Å². The molecule has 43 heavy (non-hydrogen) atoms. The van der Waals surface area contributed by atoms with Crippen molar-refractivity contribution in [1.29, 1.82) is 0 Å². The van der Waals surface area contributed by atoms with E-state index >= 15 is 0 Å². The van der Waals surface area contributed by atoms with Gasteiger partial charge in [-0.3, -0.25) is 10.1 Å². The molecule has 3 aromatic rings. The molecule has 7 nitrogen and oxygen atoms in total. The number of unbranched alkanes of at least 4 members (excludes halogenated alkanes) is 1. The summed E-state index contributed by atoms with van der Waals surface area (Å²) < 4.78 is 41.5. The molecule has 1 unspecified atom stereocenters. The van der Waals surface area contributed by atoms with Crippen molar-refractivity contribution in [2.75, 3.05) is 12.4 Å². The van der Waals surface area contributed by atoms with E-state index in [1.54, 1.807) is 12.5 Å². The zero-order valence-electron chi connectivity index (χ0n) is 24.8. The van der Waals surface area contributed by atoms with Crippen molar-refractivity contribution in [3.8, 4) is 17.0 Å². The third-order valence-electron chi connectivity index (χ3n) is 7.81. The van der Waals surface area contributed by atoms with Crippen molar-refractivity contribution in [1.82, 2.24) is 4.98 Å². The minimum Gasteiger partial charge on any atom is -0.496 e. The first kappa shape index (κ1) is 32.3. The van der Waals surface area contributed by atoms with Gasteiger partial charge in [0.1, 0.15) is 17.4 Å². The maximum absolute atomic E-state index is 14.6. The third-order valence-corrected chi connectivity index (χ3v) is 8.57. The number of methoxy groups -OCH3 is 1. The fourth-order valence-electron chi connectivity index (χ4n) is 5.46. The highest BCUT2D eigenvalue weighted by Gasteiger charge is 2.25. The summed E-state index contributed by atoms with van der Waals surface area (Å²) in [5.74, 6) is -2.91. The lowest BCUT2D eigenvalue weighted by atomic mass is 9.83. The molecule has 2 aromatic carbocycles. The summed E-state index contributed by atoms with van der Waals surface area (Å²) in [5.41, 5.74) is 1.20. The molecule has 0 aliphatic heterocycles. The van der Waals surface area contributed by atoms with Gasteiger partial charge >= 0.3 is 5.97 Å². The van der Waals surface area contributed by atoms with E-state index in [1.807, 2.05) is 18.2 Å². The summed E-state index contributed by atoms with van der Waals surface area (Å²) in [6, 6.07) is 7.51. The lowest BCUT2D eigenvalue weighted by Crippen LogP contribution is -2.26. The number of anilines is 1. The van der Waals surface area contributed by atoms with Crippen LogP contribution in [0, 0.1) is 17.6 Å². The highest BCUT2D eigenvalue weighted by molar-refractivity contribution is 7.14. The molecule has 1 heterocycles. The molecule has 0 radical (unpaired) electrons. The number of carbonyl (C=O) groups is 2. The number of carboxylic acids is 1. The van der Waals surface area contributed by atoms with E-state index in [-0.39, 0.29) is 22.4 Å². The number of amides is 1. The second kappa shape index (κ2) is 15.2. The molecule has 230 valence electrons. The number of nitrogens with zero attached hydrogens (tertiary/aromatic N) is 1. The Hall–Kier alpha value is -3.63. The van der Waals surface area contributed by atoms with Crippen molar-refractivity contribution in [2.45, 2.75) is 77.9 Å². The zero-order chi connectivity index (χ0) is 30.9. The maximum Gasteiger partial charge on any atom is 0.331 e. The van der Waals surface area contributed by atoms with Crippen LogP contribution in [-0.4, -0.2) is 35.2 Å². The molecule has 1 aliphatic carbocycles. The third kappa shape index (κ3) is 8.26. The maximum atomic E-state index is 14.6. The van der Waals surface area contributed by atoms with Gasteiger partial charge in [-0.05, 0) is 56.4 Å². The molecule has 0 spiro atoms. The number of nitrogens with one attached hydrogen (secondary N) is 1. The molecule has 4 rings (SSSR count). The number of para-hydroxylation sites is 1. The summed E-state index contributed by atoms with van der Waals surface area (Å²) >= 11 is 1.17. The second-order valence-electron chi connectivity index (χ2n) is 10.9. The molecule has 0 saturated heterocycles. The van der Waals surface area contributed by atoms with Gasteiger partial charge in [0.25, 0.3) is 5.91 Å². The van der Waals surface area contributed by atoms with E-state index in [4.69, 9.17) is 14.6 Å². The fourth-order valence-corrected chi connectivity index (χ4v) is 6.17. The number of ether oxygens (including phenoxy) is 2. The van der Waals surface area contributed by atoms with Gasteiger partial charge in [0.05, 0.1) is 25.5 Å². The summed E-state index contributed by atoms with van der Waals surface area (Å²) in [4.78, 5) is 28.4. The predicted octanol–water partition coefficient (Wildman–Crippen LogP) is 8.49. The number of hydrogen-bond acceptors (Lipinski definition) is 6. The normalized spacial score (nSPS) is 14.9. The van der Waals surface area contributed by atoms with Gasteiger partial charge in [0.15, 0.2) is 5.13 Å². The van der Waals surface area contributed by atoms with Crippen molar-refractivity contribution in [2.24, 2.45) is 5.92 Å². The summed E-state index contributed by atoms with van der Waals surface area (Å²) in [5, 5.41) is 13.6. The molecule has 1 aliphatic rings. The Labute approximate surface area is 255 Å². The van der Waals surface area contributed by atoms with Crippen molar-refractivity contribution < 1.29 is 33.0 Å². The zero-order valence-corrected chi connectivity index (χ0v) is 25.6. The average molecular weight is 613 g/mol. The molecule has 1 aromatic heterocycles. The number of carbonyl (C=O) groups excluding carboxylic acids is 1. The van der Waals surface area contributed by atoms with Crippen LogP contribution in [0.5, 0.6) is 5.75 Å². The Balaban J connectivity index is 1.49. The number of thiazole rings is 1. The van der Waals surface area contributed by atoms with Gasteiger partial charge in [-0.25, -0.2) is 18.6 Å². The number of benzene rings is 2. The lowest BCUT2D eigenvalue weighted by Gasteiger charge is -2.30. The van der Waals surface area contributed by atoms with E-state index in [1.165, 1.54) is 50.4 Å². The molecular weight excluding hydrogens is 574 g/mol. The number of halogens is 2. The predicted molar refractivity (Wildman–Crippen MR) is 164 cm³/mol. The van der Waals surface area contributed by atoms with Crippen LogP contribution >= 0.6 is 11.3 Å². The van der Waals surface area contributed by atoms with Crippen LogP contribution in [0.2, 0.25) is 0 Å². The van der Waals surface area contributed by atoms with Gasteiger partial charge in [-0.15, -0.1) is 11.3 Å². The Morgan fingerprint density at radius 1 is 1.19 bits per heavy atom. The molecule has 1 atom stereocenters. The van der Waals surface area contributed by atoms with E-state index < -0.39 is 29.1 Å². The average Bonchev–Trinajstić information content (AvgIpc) is 3.47. The standard InChI is InChI=1S/C33H38F2N2O5S/c1-4-5-14-29(21-10-7-6-8-11-21)42-18-22-12-9-13-24(30(22)41-3)28-19-43-33(36-28)37-31(38)23-16-26(34)25(27(35)17-23)15-20(2)32(39)40/h9,12-13,15-17,19,21,29H,4-8,10-11,14,18H2,1-3H3,(H,39,40)(H,36,37,38). The minimum atomic E-state index is -1.30. The largest absolute Gasteiger partial charge is 0.496 e. The SMILES string of the molecule is CCCCC(OCc1cccc(-c2csc(NC(=O)c3cc(F)c(C=C(C)C(=O)O)c(F)c3)n2)c1OC)C1CCCCC1. The first-order valence-corrected chi connectivity index (χ1v) is 15.5. The number of aromatic nitrogens is 1. The molecule has 1 fully saturated rings. The monoisotopic (exact) mass is 612 g/mol. The topological polar surface area (TPSA) is 97.8 Å².